The molecular weight excluding hydrogens is 284 g/mol. The number of aromatic nitrogens is 2. The highest BCUT2D eigenvalue weighted by Crippen LogP contribution is 2.28. The van der Waals surface area contributed by atoms with E-state index in [0.29, 0.717) is 13.1 Å². The van der Waals surface area contributed by atoms with Crippen molar-refractivity contribution in [2.24, 2.45) is 5.73 Å². The van der Waals surface area contributed by atoms with Gasteiger partial charge in [0.05, 0.1) is 17.6 Å². The van der Waals surface area contributed by atoms with E-state index in [9.17, 15) is 0 Å². The normalized spacial score (nSPS) is 10.5. The third kappa shape index (κ3) is 3.55. The number of nitrogens with two attached hydrogens (primary N) is 1. The van der Waals surface area contributed by atoms with Crippen LogP contribution in [0, 0.1) is 6.92 Å². The smallest absolute Gasteiger partial charge is 0.159 e. The molecule has 4 heteroatoms. The molecule has 3 aromatic rings. The first-order valence-electron chi connectivity index (χ1n) is 7.71. The van der Waals surface area contributed by atoms with Crippen LogP contribution < -0.4 is 11.1 Å². The molecule has 0 radical (unpaired) electrons. The number of aryl methyl sites for hydroxylation is 1. The quantitative estimate of drug-likeness (QED) is 0.757. The lowest BCUT2D eigenvalue weighted by Crippen LogP contribution is -2.14. The van der Waals surface area contributed by atoms with Gasteiger partial charge in [0.1, 0.15) is 0 Å². The van der Waals surface area contributed by atoms with Crippen molar-refractivity contribution >= 4 is 5.69 Å². The van der Waals surface area contributed by atoms with Crippen molar-refractivity contribution in [3.63, 3.8) is 0 Å². The molecule has 0 unspecified atom stereocenters. The first kappa shape index (κ1) is 15.2. The molecular formula is C19H20N4. The molecule has 2 aromatic carbocycles. The van der Waals surface area contributed by atoms with Gasteiger partial charge < -0.3 is 11.1 Å². The minimum atomic E-state index is 0.563. The number of benzene rings is 2. The second-order valence-electron chi connectivity index (χ2n) is 5.40. The zero-order valence-corrected chi connectivity index (χ0v) is 13.2. The zero-order valence-electron chi connectivity index (χ0n) is 13.2. The highest BCUT2D eigenvalue weighted by atomic mass is 15.0. The van der Waals surface area contributed by atoms with Gasteiger partial charge >= 0.3 is 0 Å². The maximum absolute atomic E-state index is 5.60. The summed E-state index contributed by atoms with van der Waals surface area (Å²) in [6.07, 6.45) is 1.83. The molecule has 4 nitrogen and oxygen atoms in total. The van der Waals surface area contributed by atoms with E-state index in [1.807, 2.05) is 36.5 Å². The van der Waals surface area contributed by atoms with Gasteiger partial charge in [-0.25, -0.2) is 9.97 Å². The van der Waals surface area contributed by atoms with E-state index in [4.69, 9.17) is 10.7 Å². The van der Waals surface area contributed by atoms with Crippen LogP contribution in [0.5, 0.6) is 0 Å². The predicted molar refractivity (Wildman–Crippen MR) is 95.2 cm³/mol. The molecule has 0 aliphatic heterocycles. The Morgan fingerprint density at radius 2 is 1.70 bits per heavy atom. The van der Waals surface area contributed by atoms with Crippen LogP contribution in [0.2, 0.25) is 0 Å². The second kappa shape index (κ2) is 7.03. The largest absolute Gasteiger partial charge is 0.381 e. The fraction of sp³-hybridized carbons (Fsp3) is 0.158. The Labute approximate surface area is 136 Å². The van der Waals surface area contributed by atoms with Gasteiger partial charge in [0.2, 0.25) is 0 Å². The minimum Gasteiger partial charge on any atom is -0.381 e. The molecule has 0 aliphatic rings. The second-order valence-corrected chi connectivity index (χ2v) is 5.40. The molecule has 116 valence electrons. The summed E-state index contributed by atoms with van der Waals surface area (Å²) in [5.41, 5.74) is 10.7. The van der Waals surface area contributed by atoms with Gasteiger partial charge in [0.25, 0.3) is 0 Å². The predicted octanol–water partition coefficient (Wildman–Crippen LogP) is 3.49. The summed E-state index contributed by atoms with van der Waals surface area (Å²) in [5, 5.41) is 3.30. The monoisotopic (exact) mass is 304 g/mol. The summed E-state index contributed by atoms with van der Waals surface area (Å²) in [5.74, 6) is 0.722. The molecule has 0 fully saturated rings. The molecule has 0 saturated heterocycles. The summed E-state index contributed by atoms with van der Waals surface area (Å²) < 4.78 is 0. The van der Waals surface area contributed by atoms with Crippen molar-refractivity contribution in [2.75, 3.05) is 18.4 Å². The highest BCUT2D eigenvalue weighted by molar-refractivity contribution is 5.75. The van der Waals surface area contributed by atoms with Crippen LogP contribution in [-0.2, 0) is 0 Å². The standard InChI is InChI=1S/C19H20N4/c1-14-7-9-15(10-8-14)18-17(21-12-11-20)13-22-19(23-18)16-5-3-2-4-6-16/h2-10,13,21H,11-12,20H2,1H3. The average Bonchev–Trinajstić information content (AvgIpc) is 2.61. The van der Waals surface area contributed by atoms with Gasteiger partial charge in [-0.05, 0) is 6.92 Å². The molecule has 3 rings (SSSR count). The maximum Gasteiger partial charge on any atom is 0.159 e. The molecule has 0 aliphatic carbocycles. The van der Waals surface area contributed by atoms with E-state index in [1.165, 1.54) is 5.56 Å². The van der Waals surface area contributed by atoms with E-state index < -0.39 is 0 Å². The SMILES string of the molecule is Cc1ccc(-c2nc(-c3ccccc3)ncc2NCCN)cc1. The van der Waals surface area contributed by atoms with Crippen molar-refractivity contribution in [1.29, 1.82) is 0 Å². The topological polar surface area (TPSA) is 63.8 Å². The Morgan fingerprint density at radius 3 is 2.39 bits per heavy atom. The number of nitrogens with zero attached hydrogens (tertiary/aromatic N) is 2. The lowest BCUT2D eigenvalue weighted by molar-refractivity contribution is 1.02. The first-order valence-corrected chi connectivity index (χ1v) is 7.71. The van der Waals surface area contributed by atoms with Crippen molar-refractivity contribution in [3.8, 4) is 22.6 Å². The Balaban J connectivity index is 2.07. The van der Waals surface area contributed by atoms with Gasteiger partial charge in [-0.3, -0.25) is 0 Å². The molecule has 23 heavy (non-hydrogen) atoms. The summed E-state index contributed by atoms with van der Waals surface area (Å²) >= 11 is 0. The van der Waals surface area contributed by atoms with Crippen molar-refractivity contribution in [3.05, 3.63) is 66.4 Å². The van der Waals surface area contributed by atoms with Gasteiger partial charge in [0.15, 0.2) is 5.82 Å². The van der Waals surface area contributed by atoms with Crippen LogP contribution in [0.1, 0.15) is 5.56 Å². The van der Waals surface area contributed by atoms with E-state index in [-0.39, 0.29) is 0 Å². The summed E-state index contributed by atoms with van der Waals surface area (Å²) in [6.45, 7) is 3.33. The molecule has 1 heterocycles. The van der Waals surface area contributed by atoms with Crippen LogP contribution in [0.3, 0.4) is 0 Å². The van der Waals surface area contributed by atoms with Gasteiger partial charge in [-0.2, -0.15) is 0 Å². The average molecular weight is 304 g/mol. The molecule has 1 aromatic heterocycles. The van der Waals surface area contributed by atoms with Crippen LogP contribution in [0.15, 0.2) is 60.8 Å². The van der Waals surface area contributed by atoms with Crippen LogP contribution in [-0.4, -0.2) is 23.1 Å². The number of hydrogen-bond acceptors (Lipinski definition) is 4. The number of hydrogen-bond donors (Lipinski definition) is 2. The maximum atomic E-state index is 5.60. The number of rotatable bonds is 5. The Bertz CT molecular complexity index is 767. The molecule has 0 spiro atoms. The number of nitrogens with one attached hydrogen (secondary N) is 1. The van der Waals surface area contributed by atoms with E-state index in [1.54, 1.807) is 0 Å². The highest BCUT2D eigenvalue weighted by Gasteiger charge is 2.10. The van der Waals surface area contributed by atoms with Crippen molar-refractivity contribution in [2.45, 2.75) is 6.92 Å². The van der Waals surface area contributed by atoms with E-state index >= 15 is 0 Å². The lowest BCUT2D eigenvalue weighted by Gasteiger charge is -2.12. The fourth-order valence-electron chi connectivity index (χ4n) is 2.38. The molecule has 0 amide bonds. The Hall–Kier alpha value is -2.72. The van der Waals surface area contributed by atoms with E-state index in [2.05, 4.69) is 41.5 Å². The van der Waals surface area contributed by atoms with Gasteiger partial charge in [0, 0.05) is 24.2 Å². The Morgan fingerprint density at radius 1 is 0.957 bits per heavy atom. The summed E-state index contributed by atoms with van der Waals surface area (Å²) in [7, 11) is 0. The van der Waals surface area contributed by atoms with Crippen molar-refractivity contribution < 1.29 is 0 Å². The van der Waals surface area contributed by atoms with Crippen LogP contribution >= 0.6 is 0 Å². The van der Waals surface area contributed by atoms with E-state index in [0.717, 1.165) is 28.3 Å². The zero-order chi connectivity index (χ0) is 16.1. The van der Waals surface area contributed by atoms with Crippen LogP contribution in [0.25, 0.3) is 22.6 Å². The van der Waals surface area contributed by atoms with Gasteiger partial charge in [-0.1, -0.05) is 60.2 Å². The third-order valence-corrected chi connectivity index (χ3v) is 3.61. The molecule has 0 saturated carbocycles. The third-order valence-electron chi connectivity index (χ3n) is 3.61. The van der Waals surface area contributed by atoms with Gasteiger partial charge in [-0.15, -0.1) is 0 Å². The fourth-order valence-corrected chi connectivity index (χ4v) is 2.38. The summed E-state index contributed by atoms with van der Waals surface area (Å²) in [4.78, 5) is 9.27. The van der Waals surface area contributed by atoms with Crippen molar-refractivity contribution in [1.82, 2.24) is 9.97 Å². The minimum absolute atomic E-state index is 0.563. The number of anilines is 1. The lowest BCUT2D eigenvalue weighted by atomic mass is 10.1. The molecule has 0 bridgehead atoms. The first-order chi connectivity index (χ1) is 11.3. The Kier molecular flexibility index (Phi) is 4.64. The molecule has 0 atom stereocenters. The summed E-state index contributed by atoms with van der Waals surface area (Å²) in [6, 6.07) is 18.3. The van der Waals surface area contributed by atoms with Crippen LogP contribution in [0.4, 0.5) is 5.69 Å². The molecule has 3 N–H and O–H groups in total.